The van der Waals surface area contributed by atoms with Gasteiger partial charge in [-0.15, -0.1) is 0 Å². The number of ether oxygens (including phenoxy) is 2. The topological polar surface area (TPSA) is 61.6 Å². The number of hydrogen-bond acceptors (Lipinski definition) is 4. The van der Waals surface area contributed by atoms with Crippen LogP contribution in [0.15, 0.2) is 60.7 Å². The van der Waals surface area contributed by atoms with E-state index in [0.29, 0.717) is 17.2 Å². The fourth-order valence-electron chi connectivity index (χ4n) is 2.47. The number of hydrogen-bond donors (Lipinski definition) is 0. The van der Waals surface area contributed by atoms with Gasteiger partial charge in [0.05, 0.1) is 11.0 Å². The third kappa shape index (κ3) is 4.79. The van der Waals surface area contributed by atoms with E-state index in [-0.39, 0.29) is 24.7 Å². The maximum atomic E-state index is 14.2. The molecule has 0 unspecified atom stereocenters. The monoisotopic (exact) mass is 389 g/mol. The third-order valence-corrected chi connectivity index (χ3v) is 3.78. The molecular formula is C20H14F3NO4. The molecule has 0 amide bonds. The fraction of sp³-hybridized carbons (Fsp3) is 0.100. The van der Waals surface area contributed by atoms with Gasteiger partial charge < -0.3 is 9.47 Å². The average Bonchev–Trinajstić information content (AvgIpc) is 2.66. The summed E-state index contributed by atoms with van der Waals surface area (Å²) in [5.41, 5.74) is 0.313. The molecule has 0 aliphatic heterocycles. The largest absolute Gasteiger partial charge is 0.486 e. The second kappa shape index (κ2) is 8.43. The van der Waals surface area contributed by atoms with Gasteiger partial charge in [-0.1, -0.05) is 24.3 Å². The van der Waals surface area contributed by atoms with Gasteiger partial charge in [0.1, 0.15) is 24.8 Å². The van der Waals surface area contributed by atoms with E-state index in [2.05, 4.69) is 0 Å². The first-order valence-corrected chi connectivity index (χ1v) is 8.15. The fourth-order valence-corrected chi connectivity index (χ4v) is 2.47. The molecule has 3 aromatic rings. The van der Waals surface area contributed by atoms with Crippen LogP contribution < -0.4 is 9.47 Å². The highest BCUT2D eigenvalue weighted by atomic mass is 19.1. The Morgan fingerprint density at radius 3 is 1.82 bits per heavy atom. The summed E-state index contributed by atoms with van der Waals surface area (Å²) in [7, 11) is 0. The van der Waals surface area contributed by atoms with Crippen LogP contribution in [-0.2, 0) is 13.2 Å². The average molecular weight is 389 g/mol. The summed E-state index contributed by atoms with van der Waals surface area (Å²) in [4.78, 5) is 10.4. The molecule has 0 heterocycles. The lowest BCUT2D eigenvalue weighted by Gasteiger charge is -2.11. The van der Waals surface area contributed by atoms with Crippen LogP contribution in [0.25, 0.3) is 0 Å². The van der Waals surface area contributed by atoms with Crippen molar-refractivity contribution in [3.8, 4) is 11.5 Å². The third-order valence-electron chi connectivity index (χ3n) is 3.78. The predicted octanol–water partition coefficient (Wildman–Crippen LogP) is 5.17. The summed E-state index contributed by atoms with van der Waals surface area (Å²) >= 11 is 0. The summed E-state index contributed by atoms with van der Waals surface area (Å²) in [5.74, 6) is -2.42. The smallest absolute Gasteiger partial charge is 0.314 e. The Balaban J connectivity index is 1.81. The van der Waals surface area contributed by atoms with Crippen LogP contribution in [-0.4, -0.2) is 4.92 Å². The highest BCUT2D eigenvalue weighted by molar-refractivity contribution is 5.51. The molecule has 0 saturated heterocycles. The molecule has 8 heteroatoms. The molecule has 0 aromatic heterocycles. The van der Waals surface area contributed by atoms with E-state index >= 15 is 0 Å². The van der Waals surface area contributed by atoms with Gasteiger partial charge in [-0.05, 0) is 35.4 Å². The molecule has 3 aromatic carbocycles. The Bertz CT molecular complexity index is 1010. The standard InChI is InChI=1S/C20H14F3NO4/c21-15-5-1-3-13(7-15)11-27-19-10-20(18(24(25)26)9-17(19)23)28-12-14-4-2-6-16(22)8-14/h1-10H,11-12H2. The van der Waals surface area contributed by atoms with Crippen LogP contribution in [0, 0.1) is 27.6 Å². The van der Waals surface area contributed by atoms with E-state index < -0.39 is 28.1 Å². The lowest BCUT2D eigenvalue weighted by Crippen LogP contribution is -2.03. The molecule has 3 rings (SSSR count). The van der Waals surface area contributed by atoms with Gasteiger partial charge in [-0.2, -0.15) is 0 Å². The molecule has 0 spiro atoms. The zero-order chi connectivity index (χ0) is 20.1. The van der Waals surface area contributed by atoms with Crippen molar-refractivity contribution in [2.45, 2.75) is 13.2 Å². The Hall–Kier alpha value is -3.55. The van der Waals surface area contributed by atoms with E-state index in [1.165, 1.54) is 36.4 Å². The lowest BCUT2D eigenvalue weighted by molar-refractivity contribution is -0.386. The molecule has 0 saturated carbocycles. The Morgan fingerprint density at radius 1 is 0.786 bits per heavy atom. The first-order valence-electron chi connectivity index (χ1n) is 8.15. The number of halogens is 3. The van der Waals surface area contributed by atoms with E-state index in [4.69, 9.17) is 9.47 Å². The molecule has 0 radical (unpaired) electrons. The predicted molar refractivity (Wildman–Crippen MR) is 94.5 cm³/mol. The molecule has 144 valence electrons. The van der Waals surface area contributed by atoms with Gasteiger partial charge >= 0.3 is 5.69 Å². The highest BCUT2D eigenvalue weighted by Crippen LogP contribution is 2.34. The van der Waals surface area contributed by atoms with E-state index in [0.717, 1.165) is 6.07 Å². The first-order chi connectivity index (χ1) is 13.4. The van der Waals surface area contributed by atoms with Gasteiger partial charge in [-0.3, -0.25) is 10.1 Å². The Labute approximate surface area is 158 Å². The second-order valence-electron chi connectivity index (χ2n) is 5.84. The van der Waals surface area contributed by atoms with Crippen LogP contribution >= 0.6 is 0 Å². The molecular weight excluding hydrogens is 375 g/mol. The van der Waals surface area contributed by atoms with Crippen LogP contribution in [0.1, 0.15) is 11.1 Å². The van der Waals surface area contributed by atoms with Crippen molar-refractivity contribution in [1.29, 1.82) is 0 Å². The summed E-state index contributed by atoms with van der Waals surface area (Å²) in [5, 5.41) is 11.2. The van der Waals surface area contributed by atoms with Crippen molar-refractivity contribution < 1.29 is 27.6 Å². The molecule has 0 fully saturated rings. The zero-order valence-electron chi connectivity index (χ0n) is 14.4. The number of benzene rings is 3. The minimum absolute atomic E-state index is 0.143. The maximum absolute atomic E-state index is 14.2. The Kier molecular flexibility index (Phi) is 5.78. The maximum Gasteiger partial charge on any atom is 0.314 e. The molecule has 0 aliphatic carbocycles. The van der Waals surface area contributed by atoms with E-state index in [1.54, 1.807) is 12.1 Å². The van der Waals surface area contributed by atoms with Crippen molar-refractivity contribution in [3.05, 3.63) is 99.4 Å². The van der Waals surface area contributed by atoms with Gasteiger partial charge in [0.25, 0.3) is 0 Å². The van der Waals surface area contributed by atoms with Crippen LogP contribution in [0.4, 0.5) is 18.9 Å². The van der Waals surface area contributed by atoms with Gasteiger partial charge in [0, 0.05) is 6.07 Å². The molecule has 0 N–H and O–H groups in total. The SMILES string of the molecule is O=[N+]([O-])c1cc(F)c(OCc2cccc(F)c2)cc1OCc1cccc(F)c1. The second-order valence-corrected chi connectivity index (χ2v) is 5.84. The number of nitro groups is 1. The molecule has 0 aliphatic rings. The van der Waals surface area contributed by atoms with Gasteiger partial charge in [0.15, 0.2) is 11.6 Å². The quantitative estimate of drug-likeness (QED) is 0.413. The molecule has 0 bridgehead atoms. The number of rotatable bonds is 7. The molecule has 0 atom stereocenters. The summed E-state index contributed by atoms with van der Waals surface area (Å²) < 4.78 is 51.4. The number of nitro benzene ring substituents is 1. The van der Waals surface area contributed by atoms with Crippen molar-refractivity contribution in [2.24, 2.45) is 0 Å². The first kappa shape index (κ1) is 19.2. The lowest BCUT2D eigenvalue weighted by atomic mass is 10.2. The van der Waals surface area contributed by atoms with Gasteiger partial charge in [0.2, 0.25) is 5.75 Å². The molecule has 5 nitrogen and oxygen atoms in total. The van der Waals surface area contributed by atoms with E-state index in [1.807, 2.05) is 0 Å². The van der Waals surface area contributed by atoms with Crippen molar-refractivity contribution >= 4 is 5.69 Å². The summed E-state index contributed by atoms with van der Waals surface area (Å²) in [6, 6.07) is 12.8. The summed E-state index contributed by atoms with van der Waals surface area (Å²) in [6.07, 6.45) is 0. The van der Waals surface area contributed by atoms with Crippen LogP contribution in [0.2, 0.25) is 0 Å². The zero-order valence-corrected chi connectivity index (χ0v) is 14.4. The minimum Gasteiger partial charge on any atom is -0.486 e. The van der Waals surface area contributed by atoms with Gasteiger partial charge in [-0.25, -0.2) is 13.2 Å². The van der Waals surface area contributed by atoms with Crippen molar-refractivity contribution in [3.63, 3.8) is 0 Å². The van der Waals surface area contributed by atoms with E-state index in [9.17, 15) is 23.3 Å². The number of nitrogens with zero attached hydrogens (tertiary/aromatic N) is 1. The van der Waals surface area contributed by atoms with Crippen LogP contribution in [0.5, 0.6) is 11.5 Å². The summed E-state index contributed by atoms with van der Waals surface area (Å²) in [6.45, 7) is -0.302. The normalized spacial score (nSPS) is 10.5. The Morgan fingerprint density at radius 2 is 1.32 bits per heavy atom. The van der Waals surface area contributed by atoms with Crippen molar-refractivity contribution in [1.82, 2.24) is 0 Å². The van der Waals surface area contributed by atoms with Crippen LogP contribution in [0.3, 0.4) is 0 Å². The van der Waals surface area contributed by atoms with Crippen molar-refractivity contribution in [2.75, 3.05) is 0 Å². The molecule has 28 heavy (non-hydrogen) atoms. The minimum atomic E-state index is -0.957. The highest BCUT2D eigenvalue weighted by Gasteiger charge is 2.21.